The van der Waals surface area contributed by atoms with Crippen LogP contribution in [0, 0.1) is 20.8 Å². The first-order valence-corrected chi connectivity index (χ1v) is 24.4. The standard InChI is InChI=1S/C30H31N3O3.C27H31N3O3/c1-20-15-30(36-32-20)28-17-26-27(31-28)7-4-8-29(26)35-19-25(34)18-33-13-11-22(12-14-33)24-10-9-21-5-2-3-6-23(21)16-24;1-18-6-8-20(9-7-18)21-10-12-30(13-11-21)16-22(31)17-32-26-5-3-4-24-23(26)14-25(29-24)27-28-15-19(2)33-27/h2-10,15-17,22,25,31,34H,11-14,18-19H2,1H3;3-9,14-15,21-22,29,31H,10-13,16-17H2,1-2H3/t25-;22-/m00/s1. The van der Waals surface area contributed by atoms with Crippen molar-refractivity contribution in [2.45, 2.75) is 70.5 Å². The van der Waals surface area contributed by atoms with Crippen molar-refractivity contribution < 1.29 is 28.6 Å². The lowest BCUT2D eigenvalue weighted by Gasteiger charge is -2.33. The maximum absolute atomic E-state index is 10.7. The van der Waals surface area contributed by atoms with E-state index in [0.29, 0.717) is 36.6 Å². The molecule has 356 valence electrons. The molecule has 2 atom stereocenters. The monoisotopic (exact) mass is 926 g/mol. The van der Waals surface area contributed by atoms with Crippen LogP contribution in [0.4, 0.5) is 0 Å². The number of likely N-dealkylation sites (tertiary alicyclic amines) is 2. The molecule has 4 aromatic heterocycles. The zero-order valence-electron chi connectivity index (χ0n) is 39.7. The predicted molar refractivity (Wildman–Crippen MR) is 272 cm³/mol. The minimum Gasteiger partial charge on any atom is -0.490 e. The van der Waals surface area contributed by atoms with Crippen LogP contribution in [-0.4, -0.2) is 105 Å². The Labute approximate surface area is 402 Å². The number of aliphatic hydroxyl groups is 2. The maximum atomic E-state index is 10.7. The Kier molecular flexibility index (Phi) is 13.9. The van der Waals surface area contributed by atoms with Crippen molar-refractivity contribution in [1.82, 2.24) is 29.9 Å². The minimum absolute atomic E-state index is 0.256. The van der Waals surface area contributed by atoms with Crippen LogP contribution in [0.1, 0.15) is 65.7 Å². The summed E-state index contributed by atoms with van der Waals surface area (Å²) in [7, 11) is 0. The van der Waals surface area contributed by atoms with E-state index in [0.717, 1.165) is 108 Å². The average Bonchev–Trinajstić information content (AvgIpc) is 4.21. The summed E-state index contributed by atoms with van der Waals surface area (Å²) in [4.78, 5) is 15.7. The zero-order valence-corrected chi connectivity index (χ0v) is 39.7. The fraction of sp³-hybridized carbons (Fsp3) is 0.333. The van der Waals surface area contributed by atoms with Gasteiger partial charge in [0, 0.05) is 41.0 Å². The molecule has 0 spiro atoms. The van der Waals surface area contributed by atoms with Crippen LogP contribution in [0.25, 0.3) is 55.6 Å². The topological polar surface area (TPSA) is 149 Å². The van der Waals surface area contributed by atoms with Crippen LogP contribution < -0.4 is 9.47 Å². The number of hydrogen-bond acceptors (Lipinski definition) is 10. The highest BCUT2D eigenvalue weighted by Crippen LogP contribution is 2.34. The van der Waals surface area contributed by atoms with Gasteiger partial charge in [-0.15, -0.1) is 0 Å². The lowest BCUT2D eigenvalue weighted by molar-refractivity contribution is 0.0598. The number of aliphatic hydroxyl groups excluding tert-OH is 2. The molecule has 2 fully saturated rings. The summed E-state index contributed by atoms with van der Waals surface area (Å²) in [5.74, 6) is 4.71. The van der Waals surface area contributed by atoms with Gasteiger partial charge in [0.05, 0.1) is 17.6 Å². The minimum atomic E-state index is -0.548. The molecule has 4 N–H and O–H groups in total. The highest BCUT2D eigenvalue weighted by atomic mass is 16.5. The van der Waals surface area contributed by atoms with E-state index in [1.165, 1.54) is 27.5 Å². The molecule has 0 bridgehead atoms. The number of rotatable bonds is 14. The number of ether oxygens (including phenoxy) is 2. The van der Waals surface area contributed by atoms with Gasteiger partial charge in [0.2, 0.25) is 5.89 Å². The van der Waals surface area contributed by atoms with Gasteiger partial charge in [-0.3, -0.25) is 0 Å². The molecule has 11 rings (SSSR count). The Morgan fingerprint density at radius 3 is 1.77 bits per heavy atom. The summed E-state index contributed by atoms with van der Waals surface area (Å²) < 4.78 is 23.1. The Bertz CT molecular complexity index is 3100. The molecule has 0 saturated carbocycles. The van der Waals surface area contributed by atoms with Crippen LogP contribution in [0.5, 0.6) is 11.5 Å². The Balaban J connectivity index is 0.000000161. The number of piperidine rings is 2. The van der Waals surface area contributed by atoms with Crippen molar-refractivity contribution >= 4 is 32.6 Å². The molecule has 12 nitrogen and oxygen atoms in total. The van der Waals surface area contributed by atoms with E-state index in [1.807, 2.05) is 68.4 Å². The quantitative estimate of drug-likeness (QED) is 0.0830. The Morgan fingerprint density at radius 1 is 0.623 bits per heavy atom. The van der Waals surface area contributed by atoms with E-state index < -0.39 is 12.2 Å². The van der Waals surface area contributed by atoms with Crippen molar-refractivity contribution in [2.24, 2.45) is 0 Å². The molecule has 0 radical (unpaired) electrons. The number of aryl methyl sites for hydroxylation is 3. The van der Waals surface area contributed by atoms with Gasteiger partial charge in [-0.1, -0.05) is 89.6 Å². The van der Waals surface area contributed by atoms with Gasteiger partial charge in [-0.05, 0) is 143 Å². The summed E-state index contributed by atoms with van der Waals surface area (Å²) in [6.07, 6.45) is 5.09. The van der Waals surface area contributed by atoms with Gasteiger partial charge in [0.1, 0.15) is 48.4 Å². The van der Waals surface area contributed by atoms with Crippen LogP contribution in [0.2, 0.25) is 0 Å². The first-order chi connectivity index (χ1) is 33.7. The molecule has 2 aliphatic heterocycles. The molecule has 0 amide bonds. The second kappa shape index (κ2) is 20.9. The van der Waals surface area contributed by atoms with Gasteiger partial charge in [0.25, 0.3) is 0 Å². The Hall–Kier alpha value is -6.70. The van der Waals surface area contributed by atoms with E-state index >= 15 is 0 Å². The fourth-order valence-corrected chi connectivity index (χ4v) is 10.00. The lowest BCUT2D eigenvalue weighted by Crippen LogP contribution is -2.40. The largest absolute Gasteiger partial charge is 0.490 e. The number of β-amino-alcohol motifs (C(OH)–C–C–N with tert-alkyl or cyclic N) is 2. The van der Waals surface area contributed by atoms with E-state index in [4.69, 9.17) is 18.4 Å². The molecular formula is C57H62N6O6. The molecule has 0 aliphatic carbocycles. The average molecular weight is 927 g/mol. The van der Waals surface area contributed by atoms with Gasteiger partial charge in [-0.2, -0.15) is 0 Å². The summed E-state index contributed by atoms with van der Waals surface area (Å²) in [5, 5.41) is 29.8. The number of oxazole rings is 1. The molecule has 6 heterocycles. The van der Waals surface area contributed by atoms with Gasteiger partial charge >= 0.3 is 0 Å². The number of H-pyrrole nitrogens is 2. The number of fused-ring (bicyclic) bond motifs is 3. The van der Waals surface area contributed by atoms with Crippen LogP contribution in [-0.2, 0) is 0 Å². The number of nitrogens with one attached hydrogen (secondary N) is 2. The summed E-state index contributed by atoms with van der Waals surface area (Å²) in [6.45, 7) is 11.6. The van der Waals surface area contributed by atoms with Crippen molar-refractivity contribution in [2.75, 3.05) is 52.5 Å². The Morgan fingerprint density at radius 2 is 1.19 bits per heavy atom. The molecule has 12 heteroatoms. The summed E-state index contributed by atoms with van der Waals surface area (Å²) in [5.41, 5.74) is 8.58. The van der Waals surface area contributed by atoms with Gasteiger partial charge in [-0.25, -0.2) is 4.98 Å². The van der Waals surface area contributed by atoms with E-state index in [-0.39, 0.29) is 13.2 Å². The van der Waals surface area contributed by atoms with Crippen molar-refractivity contribution in [3.05, 3.63) is 156 Å². The molecule has 5 aromatic carbocycles. The van der Waals surface area contributed by atoms with Crippen molar-refractivity contribution in [3.8, 4) is 34.5 Å². The summed E-state index contributed by atoms with van der Waals surface area (Å²) >= 11 is 0. The predicted octanol–water partition coefficient (Wildman–Crippen LogP) is 11.0. The first-order valence-electron chi connectivity index (χ1n) is 24.4. The molecule has 69 heavy (non-hydrogen) atoms. The highest BCUT2D eigenvalue weighted by Gasteiger charge is 2.25. The first kappa shape index (κ1) is 46.1. The lowest BCUT2D eigenvalue weighted by atomic mass is 9.88. The van der Waals surface area contributed by atoms with Gasteiger partial charge in [0.15, 0.2) is 5.76 Å². The third-order valence-corrected chi connectivity index (χ3v) is 13.8. The van der Waals surface area contributed by atoms with E-state index in [1.54, 1.807) is 6.20 Å². The third-order valence-electron chi connectivity index (χ3n) is 13.8. The number of nitrogens with zero attached hydrogens (tertiary/aromatic N) is 4. The van der Waals surface area contributed by atoms with Crippen LogP contribution in [0.15, 0.2) is 136 Å². The van der Waals surface area contributed by atoms with Gasteiger partial charge < -0.3 is 48.4 Å². The normalized spacial score (nSPS) is 16.2. The molecule has 2 aliphatic rings. The zero-order chi connectivity index (χ0) is 47.3. The molecular weight excluding hydrogens is 865 g/mol. The molecule has 0 unspecified atom stereocenters. The number of benzene rings is 5. The SMILES string of the molecule is Cc1cc(-c2cc3c(OC[C@@H](O)CN4CCC(c5ccc6ccccc6c5)CC4)cccc3[nH]2)on1.Cc1ccc(C2CCN(C[C@H](O)COc3cccc4[nH]c(-c5ncc(C)o5)cc34)CC2)cc1. The van der Waals surface area contributed by atoms with Crippen molar-refractivity contribution in [3.63, 3.8) is 0 Å². The van der Waals surface area contributed by atoms with Crippen molar-refractivity contribution in [1.29, 1.82) is 0 Å². The van der Waals surface area contributed by atoms with Crippen LogP contribution in [0.3, 0.4) is 0 Å². The summed E-state index contributed by atoms with van der Waals surface area (Å²) in [6, 6.07) is 42.0. The number of hydrogen-bond donors (Lipinski definition) is 4. The molecule has 2 saturated heterocycles. The second-order valence-corrected chi connectivity index (χ2v) is 19.0. The number of aromatic amines is 2. The number of aromatic nitrogens is 4. The maximum Gasteiger partial charge on any atom is 0.243 e. The smallest absolute Gasteiger partial charge is 0.243 e. The fourth-order valence-electron chi connectivity index (χ4n) is 10.00. The van der Waals surface area contributed by atoms with E-state index in [2.05, 4.69) is 104 Å². The highest BCUT2D eigenvalue weighted by molar-refractivity contribution is 5.91. The van der Waals surface area contributed by atoms with Crippen LogP contribution >= 0.6 is 0 Å². The third kappa shape index (κ3) is 11.1. The molecule has 9 aromatic rings. The van der Waals surface area contributed by atoms with E-state index in [9.17, 15) is 10.2 Å². The second-order valence-electron chi connectivity index (χ2n) is 19.0.